The van der Waals surface area contributed by atoms with Crippen molar-refractivity contribution >= 4 is 11.5 Å². The summed E-state index contributed by atoms with van der Waals surface area (Å²) in [5.74, 6) is 0.392. The Morgan fingerprint density at radius 2 is 2.00 bits per heavy atom. The Balaban J connectivity index is 1.67. The molecule has 2 aromatic heterocycles. The molecule has 0 spiro atoms. The fourth-order valence-corrected chi connectivity index (χ4v) is 2.04. The number of nitrogens with zero attached hydrogens (tertiary/aromatic N) is 4. The molecule has 0 amide bonds. The molecule has 0 fully saturated rings. The smallest absolute Gasteiger partial charge is 0.176 e. The van der Waals surface area contributed by atoms with E-state index in [-0.39, 0.29) is 0 Å². The lowest BCUT2D eigenvalue weighted by Crippen LogP contribution is -2.09. The van der Waals surface area contributed by atoms with Crippen molar-refractivity contribution in [3.63, 3.8) is 0 Å². The Bertz CT molecular complexity index is 784. The quantitative estimate of drug-likeness (QED) is 0.801. The number of nitrogens with one attached hydrogen (secondary N) is 1. The maximum Gasteiger partial charge on any atom is 0.176 e. The van der Waals surface area contributed by atoms with Crippen LogP contribution < -0.4 is 5.32 Å². The first-order valence-corrected chi connectivity index (χ1v) is 6.50. The van der Waals surface area contributed by atoms with Crippen molar-refractivity contribution < 1.29 is 8.78 Å². The Morgan fingerprint density at radius 1 is 1.14 bits per heavy atom. The standard InChI is InChI=1S/C14H13F2N5/c1-9-18-14-5-4-13(20-21(14)19-9)17-7-6-10-8-11(15)2-3-12(10)16/h2-5,8H,6-7H2,1H3,(H,17,20). The van der Waals surface area contributed by atoms with Crippen LogP contribution in [-0.4, -0.2) is 26.4 Å². The molecule has 0 saturated carbocycles. The van der Waals surface area contributed by atoms with Crippen molar-refractivity contribution in [2.24, 2.45) is 0 Å². The van der Waals surface area contributed by atoms with Crippen LogP contribution in [0.3, 0.4) is 0 Å². The number of aryl methyl sites for hydroxylation is 1. The van der Waals surface area contributed by atoms with Crippen molar-refractivity contribution in [1.82, 2.24) is 19.8 Å². The van der Waals surface area contributed by atoms with E-state index in [9.17, 15) is 8.78 Å². The first-order chi connectivity index (χ1) is 10.1. The highest BCUT2D eigenvalue weighted by atomic mass is 19.1. The third kappa shape index (κ3) is 2.96. The topological polar surface area (TPSA) is 55.1 Å². The first kappa shape index (κ1) is 13.4. The van der Waals surface area contributed by atoms with E-state index in [2.05, 4.69) is 20.5 Å². The van der Waals surface area contributed by atoms with E-state index in [4.69, 9.17) is 0 Å². The summed E-state index contributed by atoms with van der Waals surface area (Å²) in [6.07, 6.45) is 0.361. The second-order valence-electron chi connectivity index (χ2n) is 4.64. The summed E-state index contributed by atoms with van der Waals surface area (Å²) in [6.45, 7) is 2.22. The van der Waals surface area contributed by atoms with Gasteiger partial charge in [0.25, 0.3) is 0 Å². The maximum atomic E-state index is 13.5. The molecule has 2 heterocycles. The molecule has 3 rings (SSSR count). The summed E-state index contributed by atoms with van der Waals surface area (Å²) in [5, 5.41) is 11.4. The Hall–Kier alpha value is -2.57. The lowest BCUT2D eigenvalue weighted by Gasteiger charge is -2.06. The van der Waals surface area contributed by atoms with Gasteiger partial charge >= 0.3 is 0 Å². The van der Waals surface area contributed by atoms with E-state index < -0.39 is 11.6 Å². The number of fused-ring (bicyclic) bond motifs is 1. The van der Waals surface area contributed by atoms with Crippen LogP contribution in [0.25, 0.3) is 5.65 Å². The third-order valence-electron chi connectivity index (χ3n) is 3.02. The summed E-state index contributed by atoms with van der Waals surface area (Å²) in [5.41, 5.74) is 0.995. The minimum absolute atomic E-state index is 0.333. The van der Waals surface area contributed by atoms with Crippen molar-refractivity contribution in [3.05, 3.63) is 53.4 Å². The normalized spacial score (nSPS) is 11.0. The van der Waals surface area contributed by atoms with Gasteiger partial charge < -0.3 is 5.32 Å². The largest absolute Gasteiger partial charge is 0.368 e. The average Bonchev–Trinajstić information content (AvgIpc) is 2.82. The van der Waals surface area contributed by atoms with Crippen LogP contribution in [0.5, 0.6) is 0 Å². The molecule has 5 nitrogen and oxygen atoms in total. The zero-order valence-corrected chi connectivity index (χ0v) is 11.3. The van der Waals surface area contributed by atoms with E-state index in [1.54, 1.807) is 19.1 Å². The monoisotopic (exact) mass is 289 g/mol. The Kier molecular flexibility index (Phi) is 3.47. The second kappa shape index (κ2) is 5.43. The molecule has 3 aromatic rings. The SMILES string of the molecule is Cc1nc2ccc(NCCc3cc(F)ccc3F)nn2n1. The molecule has 0 aliphatic heterocycles. The van der Waals surface area contributed by atoms with E-state index >= 15 is 0 Å². The highest BCUT2D eigenvalue weighted by Gasteiger charge is 2.05. The lowest BCUT2D eigenvalue weighted by molar-refractivity contribution is 0.586. The number of rotatable bonds is 4. The molecule has 1 aromatic carbocycles. The summed E-state index contributed by atoms with van der Waals surface area (Å²) >= 11 is 0. The van der Waals surface area contributed by atoms with Crippen LogP contribution >= 0.6 is 0 Å². The molecular formula is C14H13F2N5. The van der Waals surface area contributed by atoms with E-state index in [1.165, 1.54) is 10.7 Å². The van der Waals surface area contributed by atoms with Gasteiger partial charge in [0.2, 0.25) is 0 Å². The molecule has 0 saturated heterocycles. The van der Waals surface area contributed by atoms with E-state index in [0.717, 1.165) is 12.1 Å². The van der Waals surface area contributed by atoms with Crippen molar-refractivity contribution in [2.45, 2.75) is 13.3 Å². The van der Waals surface area contributed by atoms with Gasteiger partial charge in [-0.1, -0.05) is 0 Å². The van der Waals surface area contributed by atoms with Gasteiger partial charge in [-0.25, -0.2) is 13.8 Å². The minimum Gasteiger partial charge on any atom is -0.368 e. The molecule has 0 atom stereocenters. The highest BCUT2D eigenvalue weighted by molar-refractivity contribution is 5.43. The van der Waals surface area contributed by atoms with Gasteiger partial charge in [0.15, 0.2) is 5.65 Å². The van der Waals surface area contributed by atoms with Crippen LogP contribution in [0, 0.1) is 18.6 Å². The maximum absolute atomic E-state index is 13.5. The van der Waals surface area contributed by atoms with Crippen molar-refractivity contribution in [1.29, 1.82) is 0 Å². The molecule has 0 radical (unpaired) electrons. The number of hydrogen-bond acceptors (Lipinski definition) is 4. The first-order valence-electron chi connectivity index (χ1n) is 6.50. The molecule has 0 bridgehead atoms. The van der Waals surface area contributed by atoms with Gasteiger partial charge in [0.05, 0.1) is 0 Å². The predicted molar refractivity (Wildman–Crippen MR) is 74.1 cm³/mol. The number of halogens is 2. The van der Waals surface area contributed by atoms with Crippen molar-refractivity contribution in [2.75, 3.05) is 11.9 Å². The molecule has 7 heteroatoms. The number of aromatic nitrogens is 4. The number of hydrogen-bond donors (Lipinski definition) is 1. The molecule has 21 heavy (non-hydrogen) atoms. The Morgan fingerprint density at radius 3 is 2.86 bits per heavy atom. The number of benzene rings is 1. The minimum atomic E-state index is -0.441. The van der Waals surface area contributed by atoms with Crippen molar-refractivity contribution in [3.8, 4) is 0 Å². The highest BCUT2D eigenvalue weighted by Crippen LogP contribution is 2.11. The third-order valence-corrected chi connectivity index (χ3v) is 3.02. The Labute approximate surface area is 119 Å². The average molecular weight is 289 g/mol. The summed E-state index contributed by atoms with van der Waals surface area (Å²) in [7, 11) is 0. The fourth-order valence-electron chi connectivity index (χ4n) is 2.04. The molecule has 0 aliphatic carbocycles. The van der Waals surface area contributed by atoms with Crippen LogP contribution in [0.15, 0.2) is 30.3 Å². The predicted octanol–water partition coefficient (Wildman–Crippen LogP) is 2.37. The summed E-state index contributed by atoms with van der Waals surface area (Å²) < 4.78 is 28.0. The molecular weight excluding hydrogens is 276 g/mol. The van der Waals surface area contributed by atoms with Gasteiger partial charge in [-0.2, -0.15) is 0 Å². The van der Waals surface area contributed by atoms with Gasteiger partial charge in [-0.3, -0.25) is 0 Å². The summed E-state index contributed by atoms with van der Waals surface area (Å²) in [6, 6.07) is 7.00. The lowest BCUT2D eigenvalue weighted by atomic mass is 10.1. The molecule has 108 valence electrons. The molecule has 0 unspecified atom stereocenters. The van der Waals surface area contributed by atoms with Gasteiger partial charge in [-0.15, -0.1) is 14.8 Å². The van der Waals surface area contributed by atoms with E-state index in [1.807, 2.05) is 0 Å². The van der Waals surface area contributed by atoms with Gasteiger partial charge in [0.1, 0.15) is 23.3 Å². The number of anilines is 1. The van der Waals surface area contributed by atoms with Crippen LogP contribution in [0.2, 0.25) is 0 Å². The fraction of sp³-hybridized carbons (Fsp3) is 0.214. The summed E-state index contributed by atoms with van der Waals surface area (Å²) in [4.78, 5) is 4.17. The van der Waals surface area contributed by atoms with Gasteiger partial charge in [0, 0.05) is 6.54 Å². The van der Waals surface area contributed by atoms with Gasteiger partial charge in [-0.05, 0) is 49.2 Å². The van der Waals surface area contributed by atoms with Crippen LogP contribution in [0.1, 0.15) is 11.4 Å². The zero-order valence-electron chi connectivity index (χ0n) is 11.3. The molecule has 1 N–H and O–H groups in total. The van der Waals surface area contributed by atoms with E-state index in [0.29, 0.717) is 35.8 Å². The second-order valence-corrected chi connectivity index (χ2v) is 4.64. The van der Waals surface area contributed by atoms with Crippen LogP contribution in [0.4, 0.5) is 14.6 Å². The molecule has 0 aliphatic rings. The van der Waals surface area contributed by atoms with Crippen LogP contribution in [-0.2, 0) is 6.42 Å². The zero-order chi connectivity index (χ0) is 14.8.